The van der Waals surface area contributed by atoms with Crippen LogP contribution >= 0.6 is 0 Å². The molecule has 0 aliphatic heterocycles. The molecule has 64 valence electrons. The Hall–Kier alpha value is -1.65. The average molecular weight is 167 g/mol. The SMILES string of the molecule is Cc1ncco1.Cc1ncon1. The van der Waals surface area contributed by atoms with Gasteiger partial charge in [0.1, 0.15) is 6.26 Å². The van der Waals surface area contributed by atoms with Gasteiger partial charge in [-0.05, 0) is 6.92 Å². The molecule has 2 aromatic rings. The number of aromatic nitrogens is 3. The van der Waals surface area contributed by atoms with E-state index < -0.39 is 0 Å². The summed E-state index contributed by atoms with van der Waals surface area (Å²) in [5.74, 6) is 1.39. The molecule has 0 atom stereocenters. The predicted molar refractivity (Wildman–Crippen MR) is 40.3 cm³/mol. The van der Waals surface area contributed by atoms with Crippen molar-refractivity contribution in [3.05, 3.63) is 30.6 Å². The molecule has 0 aliphatic rings. The Morgan fingerprint density at radius 2 is 2.08 bits per heavy atom. The van der Waals surface area contributed by atoms with Crippen molar-refractivity contribution in [2.45, 2.75) is 13.8 Å². The van der Waals surface area contributed by atoms with Gasteiger partial charge in [-0.1, -0.05) is 5.16 Å². The highest BCUT2D eigenvalue weighted by Crippen LogP contribution is 1.86. The molecule has 5 heteroatoms. The van der Waals surface area contributed by atoms with Crippen LogP contribution in [-0.2, 0) is 0 Å². The Kier molecular flexibility index (Phi) is 3.01. The Balaban J connectivity index is 0.000000120. The molecule has 0 amide bonds. The van der Waals surface area contributed by atoms with E-state index in [0.717, 1.165) is 5.89 Å². The monoisotopic (exact) mass is 167 g/mol. The summed E-state index contributed by atoms with van der Waals surface area (Å²) in [4.78, 5) is 7.39. The Bertz CT molecular complexity index is 256. The van der Waals surface area contributed by atoms with Gasteiger partial charge in [-0.15, -0.1) is 0 Å². The maximum Gasteiger partial charge on any atom is 0.213 e. The van der Waals surface area contributed by atoms with Crippen molar-refractivity contribution in [1.29, 1.82) is 0 Å². The first-order chi connectivity index (χ1) is 5.79. The largest absolute Gasteiger partial charge is 0.449 e. The van der Waals surface area contributed by atoms with Crippen LogP contribution < -0.4 is 0 Å². The summed E-state index contributed by atoms with van der Waals surface area (Å²) >= 11 is 0. The fourth-order valence-corrected chi connectivity index (χ4v) is 0.518. The summed E-state index contributed by atoms with van der Waals surface area (Å²) in [5, 5.41) is 3.43. The van der Waals surface area contributed by atoms with Gasteiger partial charge in [0.15, 0.2) is 11.7 Å². The predicted octanol–water partition coefficient (Wildman–Crippen LogP) is 1.36. The molecular formula is C7H9N3O2. The standard InChI is InChI=1S/C4H5NO.C3H4N2O/c1-4-5-2-3-6-4;1-3-4-2-6-5-3/h2-3H,1H3;2H,1H3. The van der Waals surface area contributed by atoms with Crippen molar-refractivity contribution < 1.29 is 8.94 Å². The summed E-state index contributed by atoms with van der Waals surface area (Å²) in [6.07, 6.45) is 4.47. The summed E-state index contributed by atoms with van der Waals surface area (Å²) < 4.78 is 9.08. The fraction of sp³-hybridized carbons (Fsp3) is 0.286. The number of hydrogen-bond donors (Lipinski definition) is 0. The van der Waals surface area contributed by atoms with E-state index >= 15 is 0 Å². The molecule has 2 aromatic heterocycles. The second-order valence-corrected chi connectivity index (χ2v) is 2.03. The lowest BCUT2D eigenvalue weighted by Gasteiger charge is -1.67. The van der Waals surface area contributed by atoms with Crippen LogP contribution in [0.3, 0.4) is 0 Å². The normalized spacial score (nSPS) is 8.83. The molecular weight excluding hydrogens is 158 g/mol. The number of aryl methyl sites for hydroxylation is 2. The minimum Gasteiger partial charge on any atom is -0.449 e. The number of rotatable bonds is 0. The van der Waals surface area contributed by atoms with E-state index in [1.807, 2.05) is 0 Å². The van der Waals surface area contributed by atoms with Crippen molar-refractivity contribution in [3.8, 4) is 0 Å². The first-order valence-corrected chi connectivity index (χ1v) is 3.38. The zero-order valence-electron chi connectivity index (χ0n) is 6.89. The van der Waals surface area contributed by atoms with Crippen molar-refractivity contribution in [3.63, 3.8) is 0 Å². The Morgan fingerprint density at radius 3 is 2.25 bits per heavy atom. The minimum atomic E-state index is 0.676. The van der Waals surface area contributed by atoms with Crippen LogP contribution in [0, 0.1) is 13.8 Å². The lowest BCUT2D eigenvalue weighted by molar-refractivity contribution is 0.412. The smallest absolute Gasteiger partial charge is 0.213 e. The van der Waals surface area contributed by atoms with E-state index in [1.165, 1.54) is 6.39 Å². The molecule has 0 radical (unpaired) electrons. The second kappa shape index (κ2) is 4.27. The van der Waals surface area contributed by atoms with Gasteiger partial charge >= 0.3 is 0 Å². The molecule has 0 saturated carbocycles. The maximum absolute atomic E-state index is 4.72. The molecule has 0 spiro atoms. The highest BCUT2D eigenvalue weighted by Gasteiger charge is 1.79. The van der Waals surface area contributed by atoms with Gasteiger partial charge in [0.05, 0.1) is 6.20 Å². The molecule has 0 N–H and O–H groups in total. The molecule has 0 bridgehead atoms. The zero-order chi connectivity index (χ0) is 8.81. The van der Waals surface area contributed by atoms with Gasteiger partial charge in [-0.2, -0.15) is 4.98 Å². The van der Waals surface area contributed by atoms with E-state index in [-0.39, 0.29) is 0 Å². The topological polar surface area (TPSA) is 65.0 Å². The highest BCUT2D eigenvalue weighted by molar-refractivity contribution is 4.72. The quantitative estimate of drug-likeness (QED) is 0.592. The van der Waals surface area contributed by atoms with Crippen molar-refractivity contribution in [2.24, 2.45) is 0 Å². The number of oxazole rings is 1. The molecule has 5 nitrogen and oxygen atoms in total. The molecule has 12 heavy (non-hydrogen) atoms. The third kappa shape index (κ3) is 2.96. The summed E-state index contributed by atoms with van der Waals surface area (Å²) in [7, 11) is 0. The number of nitrogens with zero attached hydrogens (tertiary/aromatic N) is 3. The van der Waals surface area contributed by atoms with Crippen LogP contribution in [0.1, 0.15) is 11.7 Å². The third-order valence-electron chi connectivity index (χ3n) is 1.03. The number of hydrogen-bond acceptors (Lipinski definition) is 5. The molecule has 2 heterocycles. The first-order valence-electron chi connectivity index (χ1n) is 3.38. The molecule has 0 aromatic carbocycles. The van der Waals surface area contributed by atoms with Gasteiger partial charge in [-0.25, -0.2) is 4.98 Å². The second-order valence-electron chi connectivity index (χ2n) is 2.03. The lowest BCUT2D eigenvalue weighted by atomic mass is 10.8. The van der Waals surface area contributed by atoms with Crippen LogP contribution in [0.25, 0.3) is 0 Å². The van der Waals surface area contributed by atoms with Crippen LogP contribution in [0.4, 0.5) is 0 Å². The molecule has 0 unspecified atom stereocenters. The summed E-state index contributed by atoms with van der Waals surface area (Å²) in [6.45, 7) is 3.57. The van der Waals surface area contributed by atoms with Gasteiger partial charge < -0.3 is 8.94 Å². The molecule has 0 fully saturated rings. The Morgan fingerprint density at radius 1 is 1.25 bits per heavy atom. The summed E-state index contributed by atoms with van der Waals surface area (Å²) in [6, 6.07) is 0. The Labute approximate surface area is 69.4 Å². The molecule has 0 aliphatic carbocycles. The van der Waals surface area contributed by atoms with E-state index in [9.17, 15) is 0 Å². The first kappa shape index (κ1) is 8.45. The fourth-order valence-electron chi connectivity index (χ4n) is 0.518. The third-order valence-corrected chi connectivity index (χ3v) is 1.03. The van der Waals surface area contributed by atoms with Gasteiger partial charge in [0, 0.05) is 6.92 Å². The van der Waals surface area contributed by atoms with Gasteiger partial charge in [0.2, 0.25) is 6.39 Å². The van der Waals surface area contributed by atoms with Crippen molar-refractivity contribution >= 4 is 0 Å². The average Bonchev–Trinajstić information content (AvgIpc) is 2.63. The van der Waals surface area contributed by atoms with Crippen molar-refractivity contribution in [1.82, 2.24) is 15.1 Å². The molecule has 0 saturated heterocycles. The minimum absolute atomic E-state index is 0.676. The van der Waals surface area contributed by atoms with E-state index in [4.69, 9.17) is 4.42 Å². The van der Waals surface area contributed by atoms with E-state index in [0.29, 0.717) is 5.82 Å². The lowest BCUT2D eigenvalue weighted by Crippen LogP contribution is -1.66. The summed E-state index contributed by atoms with van der Waals surface area (Å²) in [5.41, 5.74) is 0. The highest BCUT2D eigenvalue weighted by atomic mass is 16.5. The van der Waals surface area contributed by atoms with Crippen LogP contribution in [-0.4, -0.2) is 15.1 Å². The van der Waals surface area contributed by atoms with Crippen molar-refractivity contribution in [2.75, 3.05) is 0 Å². The van der Waals surface area contributed by atoms with E-state index in [1.54, 1.807) is 26.3 Å². The van der Waals surface area contributed by atoms with Crippen LogP contribution in [0.15, 0.2) is 27.8 Å². The van der Waals surface area contributed by atoms with E-state index in [2.05, 4.69) is 19.6 Å². The zero-order valence-corrected chi connectivity index (χ0v) is 6.89. The van der Waals surface area contributed by atoms with Gasteiger partial charge in [-0.3, -0.25) is 0 Å². The van der Waals surface area contributed by atoms with Gasteiger partial charge in [0.25, 0.3) is 0 Å². The molecule has 2 rings (SSSR count). The van der Waals surface area contributed by atoms with Crippen LogP contribution in [0.5, 0.6) is 0 Å². The van der Waals surface area contributed by atoms with Crippen LogP contribution in [0.2, 0.25) is 0 Å². The maximum atomic E-state index is 4.72.